The van der Waals surface area contributed by atoms with E-state index in [0.717, 1.165) is 18.2 Å². The zero-order valence-corrected chi connectivity index (χ0v) is 14.3. The molecule has 0 rings (SSSR count). The minimum Gasteiger partial charge on any atom is -0.387 e. The summed E-state index contributed by atoms with van der Waals surface area (Å²) < 4.78 is -0.190. The van der Waals surface area contributed by atoms with E-state index in [1.807, 2.05) is 0 Å². The first-order chi connectivity index (χ1) is 7.98. The quantitative estimate of drug-likeness (QED) is 0.628. The van der Waals surface area contributed by atoms with Crippen molar-refractivity contribution in [1.82, 2.24) is 5.32 Å². The Labute approximate surface area is 120 Å². The summed E-state index contributed by atoms with van der Waals surface area (Å²) >= 11 is 4.79. The monoisotopic (exact) mass is 271 g/mol. The minimum atomic E-state index is -0.190. The Bertz CT molecular complexity index is 261. The van der Waals surface area contributed by atoms with Crippen LogP contribution in [0.15, 0.2) is 12.3 Å². The largest absolute Gasteiger partial charge is 0.387 e. The van der Waals surface area contributed by atoms with Crippen LogP contribution in [0.4, 0.5) is 0 Å². The number of thiol groups is 1. The van der Waals surface area contributed by atoms with E-state index in [2.05, 4.69) is 60.4 Å². The predicted octanol–water partition coefficient (Wildman–Crippen LogP) is 4.90. The maximum atomic E-state index is 4.79. The Balaban J connectivity index is 4.19. The molecule has 0 heterocycles. The van der Waals surface area contributed by atoms with Crippen molar-refractivity contribution in [1.29, 1.82) is 0 Å². The van der Waals surface area contributed by atoms with Crippen LogP contribution >= 0.6 is 12.6 Å². The lowest BCUT2D eigenvalue weighted by atomic mass is 9.79. The van der Waals surface area contributed by atoms with E-state index in [0.29, 0.717) is 5.92 Å². The molecule has 1 nitrogen and oxygen atoms in total. The SMILES string of the molecule is C=C(NCC(C)CCC(C)C)C(C)(S)C(C)(C)C. The molecule has 0 aromatic rings. The molecule has 0 saturated heterocycles. The van der Waals surface area contributed by atoms with Crippen molar-refractivity contribution < 1.29 is 0 Å². The average Bonchev–Trinajstić information content (AvgIpc) is 2.21. The topological polar surface area (TPSA) is 12.0 Å². The Kier molecular flexibility index (Phi) is 6.84. The molecule has 0 fully saturated rings. The molecule has 18 heavy (non-hydrogen) atoms. The number of hydrogen-bond donors (Lipinski definition) is 2. The first-order valence-electron chi connectivity index (χ1n) is 7.14. The molecule has 0 aliphatic heterocycles. The standard InChI is InChI=1S/C16H33NS/c1-12(2)9-10-13(3)11-17-14(4)16(8,18)15(5,6)7/h12-13,17-18H,4,9-11H2,1-3,5-8H3. The van der Waals surface area contributed by atoms with Crippen LogP contribution in [0.1, 0.15) is 61.3 Å². The molecule has 0 amide bonds. The van der Waals surface area contributed by atoms with Gasteiger partial charge in [-0.05, 0) is 30.6 Å². The number of rotatable bonds is 7. The van der Waals surface area contributed by atoms with Crippen molar-refractivity contribution in [3.63, 3.8) is 0 Å². The lowest BCUT2D eigenvalue weighted by Gasteiger charge is -2.40. The summed E-state index contributed by atoms with van der Waals surface area (Å²) in [5.74, 6) is 1.48. The molecular weight excluding hydrogens is 238 g/mol. The van der Waals surface area contributed by atoms with Gasteiger partial charge in [0.05, 0.1) is 4.75 Å². The zero-order chi connectivity index (χ0) is 14.6. The first kappa shape index (κ1) is 17.9. The van der Waals surface area contributed by atoms with Gasteiger partial charge in [0.2, 0.25) is 0 Å². The fraction of sp³-hybridized carbons (Fsp3) is 0.875. The highest BCUT2D eigenvalue weighted by Gasteiger charge is 2.36. The number of nitrogens with one attached hydrogen (secondary N) is 1. The van der Waals surface area contributed by atoms with E-state index in [-0.39, 0.29) is 10.2 Å². The molecule has 1 N–H and O–H groups in total. The molecule has 108 valence electrons. The highest BCUT2D eigenvalue weighted by molar-refractivity contribution is 7.82. The Morgan fingerprint density at radius 3 is 2.00 bits per heavy atom. The highest BCUT2D eigenvalue weighted by Crippen LogP contribution is 2.39. The summed E-state index contributed by atoms with van der Waals surface area (Å²) in [6.07, 6.45) is 2.57. The van der Waals surface area contributed by atoms with Crippen molar-refractivity contribution in [3.8, 4) is 0 Å². The summed E-state index contributed by atoms with van der Waals surface area (Å²) in [4.78, 5) is 0. The van der Waals surface area contributed by atoms with E-state index in [1.54, 1.807) is 0 Å². The maximum absolute atomic E-state index is 4.79. The predicted molar refractivity (Wildman–Crippen MR) is 87.2 cm³/mol. The molecule has 2 unspecified atom stereocenters. The Morgan fingerprint density at radius 1 is 1.11 bits per heavy atom. The first-order valence-corrected chi connectivity index (χ1v) is 7.58. The molecule has 0 spiro atoms. The fourth-order valence-corrected chi connectivity index (χ4v) is 1.72. The normalized spacial score (nSPS) is 17.4. The van der Waals surface area contributed by atoms with Gasteiger partial charge in [0, 0.05) is 12.2 Å². The van der Waals surface area contributed by atoms with Crippen molar-refractivity contribution >= 4 is 12.6 Å². The van der Waals surface area contributed by atoms with Gasteiger partial charge in [0.25, 0.3) is 0 Å². The molecule has 0 aromatic carbocycles. The fourth-order valence-electron chi connectivity index (χ4n) is 1.64. The van der Waals surface area contributed by atoms with Crippen LogP contribution in [-0.4, -0.2) is 11.3 Å². The lowest BCUT2D eigenvalue weighted by molar-refractivity contribution is 0.321. The van der Waals surface area contributed by atoms with E-state index < -0.39 is 0 Å². The Morgan fingerprint density at radius 2 is 1.61 bits per heavy atom. The van der Waals surface area contributed by atoms with Crippen molar-refractivity contribution in [2.45, 2.75) is 66.1 Å². The smallest absolute Gasteiger partial charge is 0.0538 e. The van der Waals surface area contributed by atoms with Gasteiger partial charge in [0.15, 0.2) is 0 Å². The minimum absolute atomic E-state index is 0.0986. The van der Waals surface area contributed by atoms with Gasteiger partial charge in [-0.15, -0.1) is 0 Å². The second-order valence-electron chi connectivity index (χ2n) is 7.26. The summed E-state index contributed by atoms with van der Waals surface area (Å²) in [5, 5.41) is 3.48. The van der Waals surface area contributed by atoms with Crippen LogP contribution < -0.4 is 5.32 Å². The van der Waals surface area contributed by atoms with Gasteiger partial charge in [0.1, 0.15) is 0 Å². The molecule has 0 saturated carbocycles. The van der Waals surface area contributed by atoms with Crippen LogP contribution in [0, 0.1) is 17.3 Å². The molecule has 0 aliphatic rings. The third-order valence-corrected chi connectivity index (χ3v) is 4.89. The molecule has 0 aliphatic carbocycles. The van der Waals surface area contributed by atoms with E-state index in [4.69, 9.17) is 12.6 Å². The molecule has 0 bridgehead atoms. The van der Waals surface area contributed by atoms with Crippen molar-refractivity contribution in [3.05, 3.63) is 12.3 Å². The second-order valence-corrected chi connectivity index (χ2v) is 8.15. The third kappa shape index (κ3) is 5.69. The molecular formula is C16H33NS. The van der Waals surface area contributed by atoms with Crippen LogP contribution in [-0.2, 0) is 0 Å². The van der Waals surface area contributed by atoms with Gasteiger partial charge in [-0.1, -0.05) is 54.5 Å². The van der Waals surface area contributed by atoms with Gasteiger partial charge in [-0.3, -0.25) is 0 Å². The summed E-state index contributed by atoms with van der Waals surface area (Å²) in [6, 6.07) is 0. The van der Waals surface area contributed by atoms with Gasteiger partial charge in [-0.2, -0.15) is 12.6 Å². The molecule has 0 radical (unpaired) electrons. The van der Waals surface area contributed by atoms with Gasteiger partial charge in [-0.25, -0.2) is 0 Å². The molecule has 2 heteroatoms. The van der Waals surface area contributed by atoms with Crippen LogP contribution in [0.3, 0.4) is 0 Å². The van der Waals surface area contributed by atoms with Gasteiger partial charge >= 0.3 is 0 Å². The summed E-state index contributed by atoms with van der Waals surface area (Å²) in [6.45, 7) is 20.8. The van der Waals surface area contributed by atoms with Gasteiger partial charge < -0.3 is 5.32 Å². The molecule has 2 atom stereocenters. The summed E-state index contributed by atoms with van der Waals surface area (Å²) in [7, 11) is 0. The van der Waals surface area contributed by atoms with Crippen molar-refractivity contribution in [2.24, 2.45) is 17.3 Å². The second kappa shape index (κ2) is 6.88. The lowest BCUT2D eigenvalue weighted by Crippen LogP contribution is -2.42. The van der Waals surface area contributed by atoms with E-state index in [1.165, 1.54) is 12.8 Å². The number of hydrogen-bond acceptors (Lipinski definition) is 2. The van der Waals surface area contributed by atoms with Crippen molar-refractivity contribution in [2.75, 3.05) is 6.54 Å². The highest BCUT2D eigenvalue weighted by atomic mass is 32.1. The van der Waals surface area contributed by atoms with Crippen LogP contribution in [0.5, 0.6) is 0 Å². The average molecular weight is 272 g/mol. The Hall–Kier alpha value is -0.110. The molecule has 0 aromatic heterocycles. The maximum Gasteiger partial charge on any atom is 0.0538 e. The van der Waals surface area contributed by atoms with E-state index >= 15 is 0 Å². The van der Waals surface area contributed by atoms with Crippen LogP contribution in [0.25, 0.3) is 0 Å². The zero-order valence-electron chi connectivity index (χ0n) is 13.4. The third-order valence-electron chi connectivity index (χ3n) is 3.95. The van der Waals surface area contributed by atoms with Crippen LogP contribution in [0.2, 0.25) is 0 Å². The van der Waals surface area contributed by atoms with E-state index in [9.17, 15) is 0 Å². The summed E-state index contributed by atoms with van der Waals surface area (Å²) in [5.41, 5.74) is 1.14.